The van der Waals surface area contributed by atoms with Crippen molar-refractivity contribution in [3.05, 3.63) is 35.9 Å². The minimum absolute atomic E-state index is 0.145. The summed E-state index contributed by atoms with van der Waals surface area (Å²) in [5, 5.41) is 2.69. The Bertz CT molecular complexity index is 547. The Kier molecular flexibility index (Phi) is 6.76. The van der Waals surface area contributed by atoms with E-state index in [0.717, 1.165) is 0 Å². The number of amides is 1. The molecule has 0 aromatic heterocycles. The largest absolute Gasteiger partial charge is 0.444 e. The number of halogens is 2. The molecule has 0 bridgehead atoms. The van der Waals surface area contributed by atoms with E-state index in [1.54, 1.807) is 45.0 Å². The molecule has 1 N–H and O–H groups in total. The van der Waals surface area contributed by atoms with Crippen LogP contribution in [0.1, 0.15) is 51.8 Å². The van der Waals surface area contributed by atoms with E-state index in [1.165, 1.54) is 0 Å². The number of alkyl carbamates (subject to hydrolysis) is 1. The molecule has 1 amide bonds. The van der Waals surface area contributed by atoms with Crippen LogP contribution >= 0.6 is 0 Å². The van der Waals surface area contributed by atoms with E-state index in [9.17, 15) is 13.6 Å². The Morgan fingerprint density at radius 3 is 2.56 bits per heavy atom. The fourth-order valence-corrected chi connectivity index (χ4v) is 2.85. The maximum absolute atomic E-state index is 14.3. The summed E-state index contributed by atoms with van der Waals surface area (Å²) in [6.45, 7) is 5.15. The third-order valence-electron chi connectivity index (χ3n) is 4.05. The number of carbonyl (C=O) groups is 1. The highest BCUT2D eigenvalue weighted by Crippen LogP contribution is 2.27. The second-order valence-electron chi connectivity index (χ2n) is 7.42. The lowest BCUT2D eigenvalue weighted by molar-refractivity contribution is -0.0494. The van der Waals surface area contributed by atoms with Crippen LogP contribution in [0.15, 0.2) is 30.3 Å². The predicted octanol–water partition coefficient (Wildman–Crippen LogP) is 4.50. The third kappa shape index (κ3) is 6.61. The second-order valence-corrected chi connectivity index (χ2v) is 7.42. The van der Waals surface area contributed by atoms with Crippen LogP contribution in [-0.4, -0.2) is 36.6 Å². The van der Waals surface area contributed by atoms with Crippen molar-refractivity contribution in [2.24, 2.45) is 0 Å². The van der Waals surface area contributed by atoms with Crippen molar-refractivity contribution < 1.29 is 23.0 Å². The number of benzene rings is 1. The molecule has 0 saturated heterocycles. The van der Waals surface area contributed by atoms with Crippen LogP contribution in [0.25, 0.3) is 0 Å². The first-order valence-electron chi connectivity index (χ1n) is 8.69. The molecule has 0 heterocycles. The van der Waals surface area contributed by atoms with Gasteiger partial charge in [-0.05, 0) is 39.2 Å². The molecule has 6 heteroatoms. The topological polar surface area (TPSA) is 47.6 Å². The molecule has 1 aromatic rings. The maximum Gasteiger partial charge on any atom is 0.407 e. The van der Waals surface area contributed by atoms with E-state index >= 15 is 0 Å². The van der Waals surface area contributed by atoms with Crippen molar-refractivity contribution in [3.8, 4) is 0 Å². The van der Waals surface area contributed by atoms with Gasteiger partial charge in [0.2, 0.25) is 0 Å². The van der Waals surface area contributed by atoms with Crippen molar-refractivity contribution in [1.82, 2.24) is 5.32 Å². The molecule has 1 aromatic carbocycles. The fourth-order valence-electron chi connectivity index (χ4n) is 2.85. The smallest absolute Gasteiger partial charge is 0.407 e. The van der Waals surface area contributed by atoms with Gasteiger partial charge >= 0.3 is 6.09 Å². The zero-order valence-electron chi connectivity index (χ0n) is 15.0. The monoisotopic (exact) mass is 355 g/mol. The van der Waals surface area contributed by atoms with Crippen LogP contribution in [0.4, 0.5) is 13.6 Å². The summed E-state index contributed by atoms with van der Waals surface area (Å²) in [4.78, 5) is 11.8. The van der Waals surface area contributed by atoms with Gasteiger partial charge < -0.3 is 14.8 Å². The fraction of sp³-hybridized carbons (Fsp3) is 0.632. The SMILES string of the molecule is CC(C)(C)OC(=O)N[C@H]1CC[C@H](OC[C@@H](F)c2ccccc2)[C@@H](F)C1. The Hall–Kier alpha value is -1.69. The van der Waals surface area contributed by atoms with Crippen LogP contribution in [0.3, 0.4) is 0 Å². The first-order chi connectivity index (χ1) is 11.7. The van der Waals surface area contributed by atoms with Gasteiger partial charge in [0.25, 0.3) is 0 Å². The van der Waals surface area contributed by atoms with Crippen LogP contribution in [0.2, 0.25) is 0 Å². The van der Waals surface area contributed by atoms with Crippen LogP contribution in [-0.2, 0) is 9.47 Å². The predicted molar refractivity (Wildman–Crippen MR) is 91.9 cm³/mol. The number of carbonyl (C=O) groups excluding carboxylic acids is 1. The first kappa shape index (κ1) is 19.6. The van der Waals surface area contributed by atoms with Crippen LogP contribution in [0.5, 0.6) is 0 Å². The summed E-state index contributed by atoms with van der Waals surface area (Å²) >= 11 is 0. The van der Waals surface area contributed by atoms with Gasteiger partial charge in [-0.2, -0.15) is 0 Å². The average Bonchev–Trinajstić information content (AvgIpc) is 2.52. The van der Waals surface area contributed by atoms with E-state index in [4.69, 9.17) is 9.47 Å². The molecule has 0 aliphatic heterocycles. The van der Waals surface area contributed by atoms with Crippen LogP contribution in [0, 0.1) is 0 Å². The highest BCUT2D eigenvalue weighted by molar-refractivity contribution is 5.68. The van der Waals surface area contributed by atoms with Crippen LogP contribution < -0.4 is 5.32 Å². The molecule has 0 unspecified atom stereocenters. The standard InChI is InChI=1S/C19H27F2NO3/c1-19(2,3)25-18(23)22-14-9-10-17(15(20)11-14)24-12-16(21)13-7-5-4-6-8-13/h4-8,14-17H,9-12H2,1-3H3,(H,22,23)/t14-,15-,16+,17-/m0/s1. The maximum atomic E-state index is 14.3. The van der Waals surface area contributed by atoms with E-state index in [2.05, 4.69) is 5.32 Å². The average molecular weight is 355 g/mol. The molecule has 140 valence electrons. The zero-order chi connectivity index (χ0) is 18.4. The minimum atomic E-state index is -1.27. The Morgan fingerprint density at radius 1 is 1.28 bits per heavy atom. The van der Waals surface area contributed by atoms with Crippen molar-refractivity contribution in [2.45, 2.75) is 70.1 Å². The van der Waals surface area contributed by atoms with Gasteiger partial charge in [0.1, 0.15) is 17.9 Å². The number of ether oxygens (including phenoxy) is 2. The Morgan fingerprint density at radius 2 is 1.96 bits per heavy atom. The Labute approximate surface area is 147 Å². The molecule has 25 heavy (non-hydrogen) atoms. The lowest BCUT2D eigenvalue weighted by Gasteiger charge is -2.32. The summed E-state index contributed by atoms with van der Waals surface area (Å²) in [6.07, 6.45) is -2.54. The molecule has 1 saturated carbocycles. The Balaban J connectivity index is 1.75. The molecule has 4 nitrogen and oxygen atoms in total. The summed E-state index contributed by atoms with van der Waals surface area (Å²) in [5.74, 6) is 0. The number of nitrogens with one attached hydrogen (secondary N) is 1. The first-order valence-corrected chi connectivity index (χ1v) is 8.69. The lowest BCUT2D eigenvalue weighted by atomic mass is 9.91. The number of hydrogen-bond acceptors (Lipinski definition) is 3. The molecule has 1 aliphatic carbocycles. The molecule has 2 rings (SSSR count). The summed E-state index contributed by atoms with van der Waals surface area (Å²) < 4.78 is 39.0. The van der Waals surface area contributed by atoms with Crippen molar-refractivity contribution in [2.75, 3.05) is 6.61 Å². The van der Waals surface area contributed by atoms with E-state index in [-0.39, 0.29) is 19.1 Å². The normalized spacial score (nSPS) is 25.2. The highest BCUT2D eigenvalue weighted by atomic mass is 19.1. The van der Waals surface area contributed by atoms with Gasteiger partial charge in [-0.15, -0.1) is 0 Å². The molecule has 1 fully saturated rings. The quantitative estimate of drug-likeness (QED) is 0.846. The summed E-state index contributed by atoms with van der Waals surface area (Å²) in [5.41, 5.74) is -0.0641. The number of rotatable bonds is 5. The second kappa shape index (κ2) is 8.61. The van der Waals surface area contributed by atoms with Gasteiger partial charge in [-0.1, -0.05) is 30.3 Å². The van der Waals surface area contributed by atoms with Gasteiger partial charge in [0.05, 0.1) is 12.7 Å². The van der Waals surface area contributed by atoms with Gasteiger partial charge in [-0.3, -0.25) is 0 Å². The number of hydrogen-bond donors (Lipinski definition) is 1. The number of alkyl halides is 2. The van der Waals surface area contributed by atoms with Crippen molar-refractivity contribution in [3.63, 3.8) is 0 Å². The molecular weight excluding hydrogens is 328 g/mol. The van der Waals surface area contributed by atoms with E-state index in [0.29, 0.717) is 18.4 Å². The van der Waals surface area contributed by atoms with Gasteiger partial charge in [0.15, 0.2) is 0 Å². The van der Waals surface area contributed by atoms with Crippen molar-refractivity contribution in [1.29, 1.82) is 0 Å². The third-order valence-corrected chi connectivity index (χ3v) is 4.05. The minimum Gasteiger partial charge on any atom is -0.444 e. The summed E-state index contributed by atoms with van der Waals surface area (Å²) in [6, 6.07) is 8.40. The lowest BCUT2D eigenvalue weighted by Crippen LogP contribution is -2.45. The van der Waals surface area contributed by atoms with Gasteiger partial charge in [0, 0.05) is 12.5 Å². The molecular formula is C19H27F2NO3. The molecule has 0 spiro atoms. The molecule has 1 aliphatic rings. The van der Waals surface area contributed by atoms with Gasteiger partial charge in [-0.25, -0.2) is 13.6 Å². The molecule has 4 atom stereocenters. The molecule has 0 radical (unpaired) electrons. The van der Waals surface area contributed by atoms with E-state index < -0.39 is 30.1 Å². The zero-order valence-corrected chi connectivity index (χ0v) is 15.0. The van der Waals surface area contributed by atoms with Crippen molar-refractivity contribution >= 4 is 6.09 Å². The summed E-state index contributed by atoms with van der Waals surface area (Å²) in [7, 11) is 0. The van der Waals surface area contributed by atoms with E-state index in [1.807, 2.05) is 6.07 Å². The highest BCUT2D eigenvalue weighted by Gasteiger charge is 2.33.